The number of carbonyl (C=O) groups is 1. The van der Waals surface area contributed by atoms with Crippen molar-refractivity contribution in [2.24, 2.45) is 5.92 Å². The summed E-state index contributed by atoms with van der Waals surface area (Å²) < 4.78 is 0. The van der Waals surface area contributed by atoms with Gasteiger partial charge in [-0.25, -0.2) is 4.98 Å². The molecule has 0 bridgehead atoms. The smallest absolute Gasteiger partial charge is 0.249 e. The Morgan fingerprint density at radius 1 is 1.17 bits per heavy atom. The summed E-state index contributed by atoms with van der Waals surface area (Å²) in [5, 5.41) is 3.58. The second-order valence-electron chi connectivity index (χ2n) is 9.14. The van der Waals surface area contributed by atoms with E-state index in [1.165, 1.54) is 25.7 Å². The van der Waals surface area contributed by atoms with E-state index in [1.807, 2.05) is 13.2 Å². The SMILES string of the molecule is CCC1C(=O)N(C)c2cnc(N[C@H](C)C3CCN(C)CC3)nc2N1C1CCCC1. The molecule has 1 aromatic heterocycles. The Hall–Kier alpha value is -1.89. The Morgan fingerprint density at radius 3 is 2.52 bits per heavy atom. The summed E-state index contributed by atoms with van der Waals surface area (Å²) in [5.74, 6) is 2.43. The highest BCUT2D eigenvalue weighted by atomic mass is 16.2. The molecule has 160 valence electrons. The van der Waals surface area contributed by atoms with E-state index in [0.717, 1.165) is 43.9 Å². The summed E-state index contributed by atoms with van der Waals surface area (Å²) in [6.07, 6.45) is 9.81. The summed E-state index contributed by atoms with van der Waals surface area (Å²) in [4.78, 5) is 29.0. The Labute approximate surface area is 174 Å². The van der Waals surface area contributed by atoms with Crippen molar-refractivity contribution < 1.29 is 4.79 Å². The molecule has 3 heterocycles. The standard InChI is InChI=1S/C22H36N6O/c1-5-18-21(29)27(4)19-14-23-22(24-15(2)16-10-12-26(3)13-11-16)25-20(19)28(18)17-8-6-7-9-17/h14-18H,5-13H2,1-4H3,(H,23,24,25)/t15-,18?/m1/s1. The van der Waals surface area contributed by atoms with E-state index in [2.05, 4.69) is 41.0 Å². The minimum Gasteiger partial charge on any atom is -0.351 e. The number of piperidine rings is 1. The molecule has 0 aromatic carbocycles. The fourth-order valence-corrected chi connectivity index (χ4v) is 5.30. The van der Waals surface area contributed by atoms with Crippen LogP contribution in [-0.2, 0) is 4.79 Å². The molecular weight excluding hydrogens is 364 g/mol. The summed E-state index contributed by atoms with van der Waals surface area (Å²) in [6, 6.07) is 0.627. The highest BCUT2D eigenvalue weighted by Crippen LogP contribution is 2.39. The van der Waals surface area contributed by atoms with E-state index in [0.29, 0.717) is 23.9 Å². The number of anilines is 3. The lowest BCUT2D eigenvalue weighted by atomic mass is 9.91. The molecule has 1 unspecified atom stereocenters. The fourth-order valence-electron chi connectivity index (χ4n) is 5.30. The minimum atomic E-state index is -0.121. The van der Waals surface area contributed by atoms with Gasteiger partial charge in [0.25, 0.3) is 0 Å². The van der Waals surface area contributed by atoms with E-state index in [1.54, 1.807) is 4.90 Å². The van der Waals surface area contributed by atoms with E-state index >= 15 is 0 Å². The van der Waals surface area contributed by atoms with Crippen LogP contribution < -0.4 is 15.1 Å². The zero-order valence-corrected chi connectivity index (χ0v) is 18.4. The Morgan fingerprint density at radius 2 is 1.86 bits per heavy atom. The minimum absolute atomic E-state index is 0.121. The number of amides is 1. The van der Waals surface area contributed by atoms with Crippen LogP contribution in [0.2, 0.25) is 0 Å². The molecule has 2 fully saturated rings. The van der Waals surface area contributed by atoms with Crippen molar-refractivity contribution in [2.75, 3.05) is 42.3 Å². The largest absolute Gasteiger partial charge is 0.351 e. The molecule has 0 radical (unpaired) electrons. The topological polar surface area (TPSA) is 64.6 Å². The highest BCUT2D eigenvalue weighted by Gasteiger charge is 2.41. The first kappa shape index (κ1) is 20.4. The Balaban J connectivity index is 1.59. The van der Waals surface area contributed by atoms with Gasteiger partial charge in [0.2, 0.25) is 11.9 Å². The number of likely N-dealkylation sites (N-methyl/N-ethyl adjacent to an activating group) is 1. The Bertz CT molecular complexity index is 726. The maximum Gasteiger partial charge on any atom is 0.249 e. The van der Waals surface area contributed by atoms with Crippen molar-refractivity contribution in [1.29, 1.82) is 0 Å². The van der Waals surface area contributed by atoms with Crippen LogP contribution in [0, 0.1) is 5.92 Å². The average molecular weight is 401 g/mol. The molecule has 3 aliphatic rings. The molecule has 2 aliphatic heterocycles. The number of hydrogen-bond acceptors (Lipinski definition) is 6. The summed E-state index contributed by atoms with van der Waals surface area (Å²) in [5.41, 5.74) is 0.837. The third-order valence-corrected chi connectivity index (χ3v) is 7.24. The first-order valence-corrected chi connectivity index (χ1v) is 11.4. The second kappa shape index (κ2) is 8.46. The van der Waals surface area contributed by atoms with Gasteiger partial charge in [-0.3, -0.25) is 4.79 Å². The van der Waals surface area contributed by atoms with Crippen LogP contribution in [0.1, 0.15) is 58.8 Å². The maximum atomic E-state index is 13.0. The van der Waals surface area contributed by atoms with Crippen LogP contribution in [-0.4, -0.2) is 66.1 Å². The maximum absolute atomic E-state index is 13.0. The van der Waals surface area contributed by atoms with Crippen LogP contribution >= 0.6 is 0 Å². The van der Waals surface area contributed by atoms with Gasteiger partial charge in [0.1, 0.15) is 11.7 Å². The first-order valence-electron chi connectivity index (χ1n) is 11.4. The van der Waals surface area contributed by atoms with Crippen molar-refractivity contribution in [1.82, 2.24) is 14.9 Å². The van der Waals surface area contributed by atoms with Gasteiger partial charge in [-0.1, -0.05) is 19.8 Å². The molecule has 7 heteroatoms. The lowest BCUT2D eigenvalue weighted by Crippen LogP contribution is -2.55. The van der Waals surface area contributed by atoms with Crippen LogP contribution in [0.3, 0.4) is 0 Å². The first-order chi connectivity index (χ1) is 14.0. The van der Waals surface area contributed by atoms with Crippen molar-refractivity contribution in [3.63, 3.8) is 0 Å². The third-order valence-electron chi connectivity index (χ3n) is 7.24. The number of fused-ring (bicyclic) bond motifs is 1. The van der Waals surface area contributed by atoms with Crippen molar-refractivity contribution in [3.8, 4) is 0 Å². The molecular formula is C22H36N6O. The lowest BCUT2D eigenvalue weighted by molar-refractivity contribution is -0.120. The third kappa shape index (κ3) is 3.93. The number of nitrogens with zero attached hydrogens (tertiary/aromatic N) is 5. The average Bonchev–Trinajstić information content (AvgIpc) is 3.25. The quantitative estimate of drug-likeness (QED) is 0.819. The van der Waals surface area contributed by atoms with Gasteiger partial charge in [0.05, 0.1) is 6.20 Å². The van der Waals surface area contributed by atoms with Gasteiger partial charge >= 0.3 is 0 Å². The van der Waals surface area contributed by atoms with Crippen LogP contribution in [0.25, 0.3) is 0 Å². The normalized spacial score (nSPS) is 25.4. The second-order valence-corrected chi connectivity index (χ2v) is 9.14. The van der Waals surface area contributed by atoms with Gasteiger partial charge in [-0.15, -0.1) is 0 Å². The van der Waals surface area contributed by atoms with E-state index in [4.69, 9.17) is 4.98 Å². The van der Waals surface area contributed by atoms with Crippen molar-refractivity contribution in [3.05, 3.63) is 6.20 Å². The summed E-state index contributed by atoms with van der Waals surface area (Å²) in [6.45, 7) is 6.66. The molecule has 2 atom stereocenters. The summed E-state index contributed by atoms with van der Waals surface area (Å²) >= 11 is 0. The molecule has 7 nitrogen and oxygen atoms in total. The molecule has 1 N–H and O–H groups in total. The van der Waals surface area contributed by atoms with Gasteiger partial charge in [-0.05, 0) is 65.1 Å². The van der Waals surface area contributed by atoms with Crippen LogP contribution in [0.4, 0.5) is 17.5 Å². The molecule has 29 heavy (non-hydrogen) atoms. The van der Waals surface area contributed by atoms with Gasteiger partial charge in [-0.2, -0.15) is 4.98 Å². The number of nitrogens with one attached hydrogen (secondary N) is 1. The number of likely N-dealkylation sites (tertiary alicyclic amines) is 1. The molecule has 1 saturated heterocycles. The number of carbonyl (C=O) groups excluding carboxylic acids is 1. The molecule has 1 aliphatic carbocycles. The van der Waals surface area contributed by atoms with Crippen LogP contribution in [0.15, 0.2) is 6.20 Å². The van der Waals surface area contributed by atoms with E-state index < -0.39 is 0 Å². The molecule has 1 saturated carbocycles. The van der Waals surface area contributed by atoms with E-state index in [-0.39, 0.29) is 11.9 Å². The predicted molar refractivity (Wildman–Crippen MR) is 118 cm³/mol. The summed E-state index contributed by atoms with van der Waals surface area (Å²) in [7, 11) is 4.05. The predicted octanol–water partition coefficient (Wildman–Crippen LogP) is 3.12. The van der Waals surface area contributed by atoms with Gasteiger partial charge in [0, 0.05) is 19.1 Å². The number of aromatic nitrogens is 2. The molecule has 0 spiro atoms. The Kier molecular flexibility index (Phi) is 5.95. The molecule has 4 rings (SSSR count). The van der Waals surface area contributed by atoms with E-state index in [9.17, 15) is 4.79 Å². The zero-order valence-electron chi connectivity index (χ0n) is 18.4. The number of rotatable bonds is 5. The van der Waals surface area contributed by atoms with Crippen molar-refractivity contribution in [2.45, 2.75) is 76.9 Å². The highest BCUT2D eigenvalue weighted by molar-refractivity contribution is 6.04. The van der Waals surface area contributed by atoms with Gasteiger partial charge < -0.3 is 20.0 Å². The fraction of sp³-hybridized carbons (Fsp3) is 0.773. The monoisotopic (exact) mass is 400 g/mol. The van der Waals surface area contributed by atoms with Gasteiger partial charge in [0.15, 0.2) is 5.82 Å². The van der Waals surface area contributed by atoms with Crippen LogP contribution in [0.5, 0.6) is 0 Å². The lowest BCUT2D eigenvalue weighted by Gasteiger charge is -2.43. The van der Waals surface area contributed by atoms with Crippen molar-refractivity contribution >= 4 is 23.4 Å². The zero-order chi connectivity index (χ0) is 20.5. The molecule has 1 aromatic rings. The molecule has 1 amide bonds. The number of hydrogen-bond donors (Lipinski definition) is 1.